The van der Waals surface area contributed by atoms with E-state index in [0.717, 1.165) is 32.0 Å². The Labute approximate surface area is 105 Å². The Hall–Kier alpha value is -1.02. The summed E-state index contributed by atoms with van der Waals surface area (Å²) in [7, 11) is 0. The highest BCUT2D eigenvalue weighted by atomic mass is 16.5. The summed E-state index contributed by atoms with van der Waals surface area (Å²) in [5.74, 6) is 1.04. The minimum atomic E-state index is 0.792. The van der Waals surface area contributed by atoms with Gasteiger partial charge in [0.1, 0.15) is 12.4 Å². The summed E-state index contributed by atoms with van der Waals surface area (Å²) in [5, 5.41) is 0. The topological polar surface area (TPSA) is 12.5 Å². The van der Waals surface area contributed by atoms with Crippen molar-refractivity contribution in [1.29, 1.82) is 0 Å². The molecule has 0 atom stereocenters. The second-order valence-corrected chi connectivity index (χ2v) is 4.66. The Kier molecular flexibility index (Phi) is 4.43. The molecule has 0 unspecified atom stereocenters. The fourth-order valence-corrected chi connectivity index (χ4v) is 2.47. The van der Waals surface area contributed by atoms with Crippen LogP contribution in [0, 0.1) is 0 Å². The Morgan fingerprint density at radius 2 is 1.88 bits per heavy atom. The van der Waals surface area contributed by atoms with Crippen LogP contribution in [0.25, 0.3) is 0 Å². The van der Waals surface area contributed by atoms with Crippen molar-refractivity contribution < 1.29 is 4.74 Å². The molecule has 0 aromatic heterocycles. The molecule has 2 heteroatoms. The van der Waals surface area contributed by atoms with Crippen LogP contribution in [0.4, 0.5) is 0 Å². The summed E-state index contributed by atoms with van der Waals surface area (Å²) >= 11 is 0. The lowest BCUT2D eigenvalue weighted by molar-refractivity contribution is 0.222. The van der Waals surface area contributed by atoms with Gasteiger partial charge in [0.15, 0.2) is 0 Å². The van der Waals surface area contributed by atoms with E-state index in [1.807, 2.05) is 0 Å². The number of hydrogen-bond acceptors (Lipinski definition) is 2. The number of rotatable bonds is 6. The van der Waals surface area contributed by atoms with E-state index in [4.69, 9.17) is 4.74 Å². The van der Waals surface area contributed by atoms with Crippen LogP contribution in [-0.2, 0) is 12.8 Å². The fraction of sp³-hybridized carbons (Fsp3) is 0.600. The van der Waals surface area contributed by atoms with E-state index in [-0.39, 0.29) is 0 Å². The summed E-state index contributed by atoms with van der Waals surface area (Å²) < 4.78 is 5.82. The van der Waals surface area contributed by atoms with Crippen molar-refractivity contribution >= 4 is 0 Å². The lowest BCUT2D eigenvalue weighted by Gasteiger charge is -2.18. The highest BCUT2D eigenvalue weighted by Crippen LogP contribution is 2.25. The lowest BCUT2D eigenvalue weighted by atomic mass is 10.1. The standard InChI is InChI=1S/C15H23NO/c1-3-16(4-2)10-11-17-15-9-8-13-6-5-7-14(13)12-15/h8-9,12H,3-7,10-11H2,1-2H3. The van der Waals surface area contributed by atoms with E-state index in [9.17, 15) is 0 Å². The van der Waals surface area contributed by atoms with Crippen LogP contribution in [-0.4, -0.2) is 31.1 Å². The monoisotopic (exact) mass is 233 g/mol. The molecular weight excluding hydrogens is 210 g/mol. The first-order valence-electron chi connectivity index (χ1n) is 6.80. The molecule has 0 spiro atoms. The number of nitrogens with zero attached hydrogens (tertiary/aromatic N) is 1. The van der Waals surface area contributed by atoms with E-state index in [2.05, 4.69) is 36.9 Å². The Morgan fingerprint density at radius 3 is 2.65 bits per heavy atom. The van der Waals surface area contributed by atoms with Gasteiger partial charge in [-0.25, -0.2) is 0 Å². The Morgan fingerprint density at radius 1 is 1.12 bits per heavy atom. The quantitative estimate of drug-likeness (QED) is 0.749. The van der Waals surface area contributed by atoms with Gasteiger partial charge in [0, 0.05) is 6.54 Å². The summed E-state index contributed by atoms with van der Waals surface area (Å²) in [6.07, 6.45) is 3.77. The number of likely N-dealkylation sites (N-methyl/N-ethyl adjacent to an activating group) is 1. The SMILES string of the molecule is CCN(CC)CCOc1ccc2c(c1)CCC2. The molecule has 0 radical (unpaired) electrons. The molecule has 1 aliphatic rings. The minimum absolute atomic E-state index is 0.792. The van der Waals surface area contributed by atoms with Gasteiger partial charge >= 0.3 is 0 Å². The predicted octanol–water partition coefficient (Wildman–Crippen LogP) is 2.90. The van der Waals surface area contributed by atoms with Gasteiger partial charge in [-0.05, 0) is 55.6 Å². The molecular formula is C15H23NO. The second kappa shape index (κ2) is 6.06. The van der Waals surface area contributed by atoms with E-state index in [1.54, 1.807) is 0 Å². The third-order valence-electron chi connectivity index (χ3n) is 3.64. The summed E-state index contributed by atoms with van der Waals surface area (Å²) in [6.45, 7) is 8.40. The average Bonchev–Trinajstić information content (AvgIpc) is 2.82. The Bertz CT molecular complexity index is 358. The van der Waals surface area contributed by atoms with E-state index >= 15 is 0 Å². The van der Waals surface area contributed by atoms with Gasteiger partial charge in [-0.1, -0.05) is 19.9 Å². The van der Waals surface area contributed by atoms with Gasteiger partial charge < -0.3 is 9.64 Å². The molecule has 94 valence electrons. The second-order valence-electron chi connectivity index (χ2n) is 4.66. The normalized spacial score (nSPS) is 14.1. The minimum Gasteiger partial charge on any atom is -0.492 e. The third-order valence-corrected chi connectivity index (χ3v) is 3.64. The molecule has 0 amide bonds. The highest BCUT2D eigenvalue weighted by molar-refractivity contribution is 5.38. The van der Waals surface area contributed by atoms with Crippen molar-refractivity contribution in [2.75, 3.05) is 26.2 Å². The van der Waals surface area contributed by atoms with E-state index in [0.29, 0.717) is 0 Å². The van der Waals surface area contributed by atoms with E-state index < -0.39 is 0 Å². The zero-order chi connectivity index (χ0) is 12.1. The summed E-state index contributed by atoms with van der Waals surface area (Å²) in [5.41, 5.74) is 3.01. The number of hydrogen-bond donors (Lipinski definition) is 0. The van der Waals surface area contributed by atoms with Gasteiger partial charge in [0.25, 0.3) is 0 Å². The van der Waals surface area contributed by atoms with Crippen LogP contribution in [0.2, 0.25) is 0 Å². The fourth-order valence-electron chi connectivity index (χ4n) is 2.47. The molecule has 2 rings (SSSR count). The maximum atomic E-state index is 5.82. The molecule has 0 bridgehead atoms. The highest BCUT2D eigenvalue weighted by Gasteiger charge is 2.11. The summed E-state index contributed by atoms with van der Waals surface area (Å²) in [6, 6.07) is 6.58. The molecule has 1 aromatic rings. The van der Waals surface area contributed by atoms with Crippen LogP contribution >= 0.6 is 0 Å². The number of benzene rings is 1. The molecule has 0 N–H and O–H groups in total. The predicted molar refractivity (Wildman–Crippen MR) is 71.8 cm³/mol. The first-order valence-corrected chi connectivity index (χ1v) is 6.80. The van der Waals surface area contributed by atoms with Crippen LogP contribution in [0.1, 0.15) is 31.4 Å². The van der Waals surface area contributed by atoms with Crippen molar-refractivity contribution in [3.8, 4) is 5.75 Å². The van der Waals surface area contributed by atoms with Gasteiger partial charge in [-0.15, -0.1) is 0 Å². The van der Waals surface area contributed by atoms with Crippen LogP contribution in [0.3, 0.4) is 0 Å². The largest absolute Gasteiger partial charge is 0.492 e. The zero-order valence-electron chi connectivity index (χ0n) is 11.0. The van der Waals surface area contributed by atoms with Gasteiger partial charge in [0.2, 0.25) is 0 Å². The molecule has 17 heavy (non-hydrogen) atoms. The number of ether oxygens (including phenoxy) is 1. The maximum Gasteiger partial charge on any atom is 0.119 e. The number of aryl methyl sites for hydroxylation is 2. The molecule has 0 heterocycles. The summed E-state index contributed by atoms with van der Waals surface area (Å²) in [4.78, 5) is 2.38. The number of fused-ring (bicyclic) bond motifs is 1. The van der Waals surface area contributed by atoms with Crippen molar-refractivity contribution in [1.82, 2.24) is 4.90 Å². The van der Waals surface area contributed by atoms with Crippen molar-refractivity contribution in [3.05, 3.63) is 29.3 Å². The van der Waals surface area contributed by atoms with Crippen molar-refractivity contribution in [2.45, 2.75) is 33.1 Å². The molecule has 1 aliphatic carbocycles. The van der Waals surface area contributed by atoms with Gasteiger partial charge in [-0.2, -0.15) is 0 Å². The molecule has 1 aromatic carbocycles. The molecule has 0 saturated carbocycles. The molecule has 0 aliphatic heterocycles. The van der Waals surface area contributed by atoms with Crippen molar-refractivity contribution in [3.63, 3.8) is 0 Å². The average molecular weight is 233 g/mol. The first-order chi connectivity index (χ1) is 8.33. The first kappa shape index (κ1) is 12.4. The maximum absolute atomic E-state index is 5.82. The zero-order valence-corrected chi connectivity index (χ0v) is 11.0. The van der Waals surface area contributed by atoms with Crippen LogP contribution < -0.4 is 4.74 Å². The van der Waals surface area contributed by atoms with Crippen LogP contribution in [0.5, 0.6) is 5.75 Å². The smallest absolute Gasteiger partial charge is 0.119 e. The lowest BCUT2D eigenvalue weighted by Crippen LogP contribution is -2.27. The Balaban J connectivity index is 1.83. The molecule has 0 fully saturated rings. The third kappa shape index (κ3) is 3.22. The molecule has 0 saturated heterocycles. The van der Waals surface area contributed by atoms with Crippen molar-refractivity contribution in [2.24, 2.45) is 0 Å². The van der Waals surface area contributed by atoms with E-state index in [1.165, 1.54) is 30.4 Å². The van der Waals surface area contributed by atoms with Crippen LogP contribution in [0.15, 0.2) is 18.2 Å². The van der Waals surface area contributed by atoms with Gasteiger partial charge in [0.05, 0.1) is 0 Å². The van der Waals surface area contributed by atoms with Gasteiger partial charge in [-0.3, -0.25) is 0 Å². The molecule has 2 nitrogen and oxygen atoms in total.